The maximum atomic E-state index is 10.5. The van der Waals surface area contributed by atoms with Crippen LogP contribution >= 0.6 is 0 Å². The average Bonchev–Trinajstić information content (AvgIpc) is 2.17. The van der Waals surface area contributed by atoms with Gasteiger partial charge in [-0.15, -0.1) is 0 Å². The molecule has 0 atom stereocenters. The smallest absolute Gasteiger partial charge is 0.234 e. The van der Waals surface area contributed by atoms with Gasteiger partial charge in [-0.25, -0.2) is 0 Å². The maximum Gasteiger partial charge on any atom is 0.234 e. The van der Waals surface area contributed by atoms with E-state index in [2.05, 4.69) is 4.98 Å². The number of carbonyl (C=O) groups excluding carboxylic acids is 1. The van der Waals surface area contributed by atoms with Crippen LogP contribution in [0.1, 0.15) is 5.56 Å². The Bertz CT molecular complexity index is 418. The van der Waals surface area contributed by atoms with Crippen molar-refractivity contribution in [2.75, 3.05) is 0 Å². The van der Waals surface area contributed by atoms with Crippen molar-refractivity contribution in [3.8, 4) is 0 Å². The molecule has 1 heterocycles. The average molecular weight is 156 g/mol. The monoisotopic (exact) mass is 156 g/mol. The Kier molecular flexibility index (Phi) is 1.59. The minimum absolute atomic E-state index is 0.570. The molecule has 1 aromatic carbocycles. The second kappa shape index (κ2) is 2.74. The predicted octanol–water partition coefficient (Wildman–Crippen LogP) is 1.69. The van der Waals surface area contributed by atoms with Crippen molar-refractivity contribution in [1.82, 2.24) is 4.98 Å². The number of fused-ring (bicyclic) bond motifs is 1. The third kappa shape index (κ3) is 0.975. The Morgan fingerprint density at radius 3 is 2.92 bits per heavy atom. The van der Waals surface area contributed by atoms with Crippen molar-refractivity contribution in [1.29, 1.82) is 0 Å². The Balaban J connectivity index is 2.88. The van der Waals surface area contributed by atoms with Crippen LogP contribution in [0.2, 0.25) is 0 Å². The largest absolute Gasteiger partial charge is 0.285 e. The van der Waals surface area contributed by atoms with Gasteiger partial charge in [-0.3, -0.25) is 9.78 Å². The summed E-state index contributed by atoms with van der Waals surface area (Å²) in [7, 11) is 0. The van der Waals surface area contributed by atoms with Gasteiger partial charge in [-0.05, 0) is 12.1 Å². The van der Waals surface area contributed by atoms with Gasteiger partial charge in [-0.1, -0.05) is 18.2 Å². The van der Waals surface area contributed by atoms with Gasteiger partial charge in [0.25, 0.3) is 0 Å². The van der Waals surface area contributed by atoms with Gasteiger partial charge in [0.1, 0.15) is 0 Å². The fraction of sp³-hybridized carbons (Fsp3) is 0. The molecule has 0 fully saturated rings. The molecule has 0 aliphatic heterocycles. The topological polar surface area (TPSA) is 30.0 Å². The van der Waals surface area contributed by atoms with Crippen molar-refractivity contribution >= 4 is 17.2 Å². The van der Waals surface area contributed by atoms with Crippen molar-refractivity contribution in [3.05, 3.63) is 42.1 Å². The number of benzene rings is 1. The zero-order valence-electron chi connectivity index (χ0n) is 6.32. The lowest BCUT2D eigenvalue weighted by Gasteiger charge is -1.96. The number of nitrogens with zero attached hydrogens (tertiary/aromatic N) is 1. The van der Waals surface area contributed by atoms with Crippen LogP contribution in [0.15, 0.2) is 36.5 Å². The van der Waals surface area contributed by atoms with E-state index < -0.39 is 0 Å². The highest BCUT2D eigenvalue weighted by Crippen LogP contribution is 2.13. The summed E-state index contributed by atoms with van der Waals surface area (Å²) in [5, 5.41) is 0.856. The summed E-state index contributed by atoms with van der Waals surface area (Å²) in [6.45, 7) is 0. The number of pyridine rings is 1. The SMILES string of the molecule is O=[C]c1cccc2ncccc12. The lowest BCUT2D eigenvalue weighted by molar-refractivity contribution is 0.563. The first-order valence-electron chi connectivity index (χ1n) is 3.64. The highest BCUT2D eigenvalue weighted by molar-refractivity contribution is 5.96. The minimum atomic E-state index is 0.570. The molecule has 2 rings (SSSR count). The van der Waals surface area contributed by atoms with Gasteiger partial charge in [-0.2, -0.15) is 0 Å². The highest BCUT2D eigenvalue weighted by Gasteiger charge is 1.98. The molecule has 57 valence electrons. The Morgan fingerprint density at radius 2 is 2.08 bits per heavy atom. The summed E-state index contributed by atoms with van der Waals surface area (Å²) in [4.78, 5) is 14.6. The fourth-order valence-electron chi connectivity index (χ4n) is 1.19. The van der Waals surface area contributed by atoms with Gasteiger partial charge < -0.3 is 0 Å². The molecule has 0 bridgehead atoms. The normalized spacial score (nSPS) is 10.0. The van der Waals surface area contributed by atoms with Crippen LogP contribution in [0.25, 0.3) is 10.9 Å². The Hall–Kier alpha value is -1.70. The molecule has 12 heavy (non-hydrogen) atoms. The summed E-state index contributed by atoms with van der Waals surface area (Å²) in [6.07, 6.45) is 3.59. The molecular formula is C10H6NO. The van der Waals surface area contributed by atoms with Gasteiger partial charge in [0.05, 0.1) is 5.52 Å². The summed E-state index contributed by atoms with van der Waals surface area (Å²) < 4.78 is 0. The van der Waals surface area contributed by atoms with Crippen LogP contribution in [0.5, 0.6) is 0 Å². The molecule has 2 heteroatoms. The summed E-state index contributed by atoms with van der Waals surface area (Å²) in [5.41, 5.74) is 1.40. The van der Waals surface area contributed by atoms with Gasteiger partial charge in [0.15, 0.2) is 0 Å². The lowest BCUT2D eigenvalue weighted by atomic mass is 10.1. The van der Waals surface area contributed by atoms with E-state index in [9.17, 15) is 4.79 Å². The van der Waals surface area contributed by atoms with Gasteiger partial charge in [0.2, 0.25) is 6.29 Å². The first-order chi connectivity index (χ1) is 5.92. The molecule has 0 N–H and O–H groups in total. The van der Waals surface area contributed by atoms with E-state index in [1.807, 2.05) is 24.5 Å². The summed E-state index contributed by atoms with van der Waals surface area (Å²) in [6, 6.07) is 9.08. The molecule has 0 saturated heterocycles. The quantitative estimate of drug-likeness (QED) is 0.628. The zero-order chi connectivity index (χ0) is 8.39. The summed E-state index contributed by atoms with van der Waals surface area (Å²) >= 11 is 0. The Labute approximate surface area is 69.9 Å². The van der Waals surface area contributed by atoms with Crippen molar-refractivity contribution < 1.29 is 4.79 Å². The second-order valence-electron chi connectivity index (χ2n) is 2.48. The fourth-order valence-corrected chi connectivity index (χ4v) is 1.19. The molecule has 1 radical (unpaired) electrons. The van der Waals surface area contributed by atoms with E-state index in [0.29, 0.717) is 5.56 Å². The Morgan fingerprint density at radius 1 is 1.17 bits per heavy atom. The van der Waals surface area contributed by atoms with Crippen LogP contribution < -0.4 is 0 Å². The van der Waals surface area contributed by atoms with E-state index in [1.165, 1.54) is 0 Å². The van der Waals surface area contributed by atoms with E-state index >= 15 is 0 Å². The first-order valence-corrected chi connectivity index (χ1v) is 3.64. The molecule has 2 nitrogen and oxygen atoms in total. The standard InChI is InChI=1S/C10H6NO/c12-7-8-3-1-5-10-9(8)4-2-6-11-10/h1-6H. The van der Waals surface area contributed by atoms with Gasteiger partial charge in [0, 0.05) is 17.1 Å². The minimum Gasteiger partial charge on any atom is -0.285 e. The van der Waals surface area contributed by atoms with Crippen LogP contribution in [0, 0.1) is 0 Å². The van der Waals surface area contributed by atoms with E-state index in [4.69, 9.17) is 0 Å². The molecule has 0 unspecified atom stereocenters. The maximum absolute atomic E-state index is 10.5. The van der Waals surface area contributed by atoms with Crippen LogP contribution in [0.4, 0.5) is 0 Å². The van der Waals surface area contributed by atoms with Crippen molar-refractivity contribution in [2.45, 2.75) is 0 Å². The molecule has 0 aliphatic carbocycles. The van der Waals surface area contributed by atoms with E-state index in [-0.39, 0.29) is 0 Å². The molecule has 0 amide bonds. The van der Waals surface area contributed by atoms with Crippen LogP contribution in [-0.4, -0.2) is 11.3 Å². The molecule has 1 aromatic heterocycles. The van der Waals surface area contributed by atoms with Crippen LogP contribution in [0.3, 0.4) is 0 Å². The number of aromatic nitrogens is 1. The molecule has 2 aromatic rings. The van der Waals surface area contributed by atoms with Crippen LogP contribution in [-0.2, 0) is 4.79 Å². The van der Waals surface area contributed by atoms with E-state index in [1.54, 1.807) is 18.3 Å². The molecule has 0 saturated carbocycles. The lowest BCUT2D eigenvalue weighted by Crippen LogP contribution is -1.84. The van der Waals surface area contributed by atoms with E-state index in [0.717, 1.165) is 10.9 Å². The predicted molar refractivity (Wildman–Crippen MR) is 46.5 cm³/mol. The number of hydrogen-bond acceptors (Lipinski definition) is 2. The molecular weight excluding hydrogens is 150 g/mol. The summed E-state index contributed by atoms with van der Waals surface area (Å²) in [5.74, 6) is 0. The molecule has 0 aliphatic rings. The third-order valence-electron chi connectivity index (χ3n) is 1.76. The second-order valence-corrected chi connectivity index (χ2v) is 2.48. The molecule has 0 spiro atoms. The zero-order valence-corrected chi connectivity index (χ0v) is 6.32. The third-order valence-corrected chi connectivity index (χ3v) is 1.76. The van der Waals surface area contributed by atoms with Gasteiger partial charge >= 0.3 is 0 Å². The van der Waals surface area contributed by atoms with Crippen molar-refractivity contribution in [2.24, 2.45) is 0 Å². The highest BCUT2D eigenvalue weighted by atomic mass is 16.1. The number of hydrogen-bond donors (Lipinski definition) is 0. The van der Waals surface area contributed by atoms with Crippen molar-refractivity contribution in [3.63, 3.8) is 0 Å². The first kappa shape index (κ1) is 6.98. The number of rotatable bonds is 1.